The van der Waals surface area contributed by atoms with Crippen LogP contribution in [0, 0.1) is 20.7 Å². The summed E-state index contributed by atoms with van der Waals surface area (Å²) in [6, 6.07) is 39.4. The van der Waals surface area contributed by atoms with Crippen LogP contribution in [0.25, 0.3) is 72.7 Å². The molecule has 0 saturated heterocycles. The number of pyridine rings is 1. The zero-order valence-corrected chi connectivity index (χ0v) is 32.6. The maximum absolute atomic E-state index is 11.8. The molecule has 0 spiro atoms. The molecule has 2 aromatic heterocycles. The second-order valence-corrected chi connectivity index (χ2v) is 15.8. The third-order valence-electron chi connectivity index (χ3n) is 10.5. The van der Waals surface area contributed by atoms with E-state index < -0.39 is 38.4 Å². The zero-order chi connectivity index (χ0) is 50.2. The molecule has 0 amide bonds. The van der Waals surface area contributed by atoms with E-state index in [4.69, 9.17) is 26.4 Å². The molecule has 2 heterocycles. The van der Waals surface area contributed by atoms with Crippen molar-refractivity contribution >= 4 is 11.0 Å². The van der Waals surface area contributed by atoms with Crippen LogP contribution in [0.5, 0.6) is 5.75 Å². The van der Waals surface area contributed by atoms with Gasteiger partial charge in [0.15, 0.2) is 0 Å². The molecule has 0 unspecified atom stereocenters. The molecule has 0 aliphatic rings. The van der Waals surface area contributed by atoms with Gasteiger partial charge in [0.2, 0.25) is 0 Å². The number of hydrogen-bond acceptors (Lipinski definition) is 3. The minimum Gasteiger partial charge on any atom is -0.507 e. The number of aromatic hydroxyl groups is 1. The third kappa shape index (κ3) is 7.29. The van der Waals surface area contributed by atoms with Crippen LogP contribution in [0.4, 0.5) is 0 Å². The van der Waals surface area contributed by atoms with E-state index in [1.807, 2.05) is 60.0 Å². The van der Waals surface area contributed by atoms with Gasteiger partial charge in [0.1, 0.15) is 11.6 Å². The van der Waals surface area contributed by atoms with Gasteiger partial charge in [-0.25, -0.2) is 4.98 Å². The van der Waals surface area contributed by atoms with Crippen LogP contribution in [0.3, 0.4) is 0 Å². The summed E-state index contributed by atoms with van der Waals surface area (Å²) >= 11 is 0. The second kappa shape index (κ2) is 14.4. The van der Waals surface area contributed by atoms with E-state index in [0.717, 1.165) is 38.9 Å². The molecule has 8 aromatic rings. The van der Waals surface area contributed by atoms with E-state index in [9.17, 15) is 5.11 Å². The Morgan fingerprint density at radius 1 is 0.579 bits per heavy atom. The van der Waals surface area contributed by atoms with Gasteiger partial charge in [-0.1, -0.05) is 132 Å². The number of aryl methyl sites for hydroxylation is 3. The molecule has 0 atom stereocenters. The first kappa shape index (κ1) is 25.8. The van der Waals surface area contributed by atoms with Crippen LogP contribution < -0.4 is 0 Å². The fraction of sp³-hybridized carbons (Fsp3) is 0.208. The molecule has 6 aromatic carbocycles. The van der Waals surface area contributed by atoms with Gasteiger partial charge in [0.05, 0.1) is 28.0 Å². The molecule has 4 nitrogen and oxygen atoms in total. The first-order valence-corrected chi connectivity index (χ1v) is 18.9. The van der Waals surface area contributed by atoms with Crippen molar-refractivity contribution in [1.82, 2.24) is 14.5 Å². The van der Waals surface area contributed by atoms with Crippen LogP contribution in [-0.2, 0) is 10.8 Å². The van der Waals surface area contributed by atoms with E-state index in [1.165, 1.54) is 12.1 Å². The lowest BCUT2D eigenvalue weighted by Crippen LogP contribution is -2.12. The van der Waals surface area contributed by atoms with Gasteiger partial charge in [0.25, 0.3) is 0 Å². The quantitative estimate of drug-likeness (QED) is 0.184. The molecule has 0 radical (unpaired) electrons. The van der Waals surface area contributed by atoms with E-state index in [0.29, 0.717) is 50.5 Å². The Labute approximate surface area is 354 Å². The minimum atomic E-state index is -3.49. The lowest BCUT2D eigenvalue weighted by Gasteiger charge is -2.23. The molecule has 8 rings (SSSR count). The lowest BCUT2D eigenvalue weighted by molar-refractivity contribution is 0.472. The maximum atomic E-state index is 11.8. The molecular weight excluding hydrogens is 695 g/mol. The largest absolute Gasteiger partial charge is 0.507 e. The first-order chi connectivity index (χ1) is 32.1. The van der Waals surface area contributed by atoms with Gasteiger partial charge in [-0.2, -0.15) is 0 Å². The summed E-state index contributed by atoms with van der Waals surface area (Å²) in [5, 5.41) is 11.8. The maximum Gasteiger partial charge on any atom is 0.149 e. The van der Waals surface area contributed by atoms with E-state index in [2.05, 4.69) is 32.9 Å². The van der Waals surface area contributed by atoms with Crippen molar-refractivity contribution in [3.63, 3.8) is 0 Å². The average molecular weight is 758 g/mol. The Kier molecular flexibility index (Phi) is 6.50. The van der Waals surface area contributed by atoms with Crippen LogP contribution in [-0.4, -0.2) is 19.6 Å². The summed E-state index contributed by atoms with van der Waals surface area (Å²) < 4.78 is 102. The van der Waals surface area contributed by atoms with E-state index in [-0.39, 0.29) is 16.7 Å². The van der Waals surface area contributed by atoms with Crippen molar-refractivity contribution < 1.29 is 21.6 Å². The van der Waals surface area contributed by atoms with Crippen molar-refractivity contribution in [1.29, 1.82) is 0 Å². The van der Waals surface area contributed by atoms with E-state index in [1.54, 1.807) is 73.8 Å². The van der Waals surface area contributed by atoms with Gasteiger partial charge in [-0.05, 0) is 125 Å². The smallest absolute Gasteiger partial charge is 0.149 e. The summed E-state index contributed by atoms with van der Waals surface area (Å²) in [4.78, 5) is 10.2. The highest BCUT2D eigenvalue weighted by Crippen LogP contribution is 2.43. The second-order valence-electron chi connectivity index (χ2n) is 15.8. The Hall–Kier alpha value is -6.26. The Bertz CT molecular complexity index is 3190. The molecule has 284 valence electrons. The predicted molar refractivity (Wildman–Crippen MR) is 239 cm³/mol. The lowest BCUT2D eigenvalue weighted by atomic mass is 9.83. The van der Waals surface area contributed by atoms with Crippen molar-refractivity contribution in [3.8, 4) is 67.5 Å². The summed E-state index contributed by atoms with van der Waals surface area (Å²) in [5.74, 6) is 0.310. The van der Waals surface area contributed by atoms with Crippen LogP contribution in [0.2, 0.25) is 0 Å². The van der Waals surface area contributed by atoms with Gasteiger partial charge >= 0.3 is 0 Å². The van der Waals surface area contributed by atoms with Gasteiger partial charge in [0, 0.05) is 39.3 Å². The molecule has 0 aliphatic carbocycles. The molecule has 57 heavy (non-hydrogen) atoms. The Morgan fingerprint density at radius 3 is 2.09 bits per heavy atom. The number of phenols is 1. The fourth-order valence-corrected chi connectivity index (χ4v) is 7.50. The number of imidazole rings is 1. The summed E-state index contributed by atoms with van der Waals surface area (Å²) in [5.41, 5.74) is 6.32. The average Bonchev–Trinajstić information content (AvgIpc) is 3.65. The highest BCUT2D eigenvalue weighted by molar-refractivity contribution is 5.98. The number of hydrogen-bond donors (Lipinski definition) is 1. The predicted octanol–water partition coefficient (Wildman–Crippen LogP) is 14.0. The SMILES string of the molecule is [2H]C([2H])([2H])c1ccc(-c2ccnc(-c3cc(-c4cccc5c4nc(-c4cc(C)cc(C)c4O)n5-c4ccc(C(C([2H])([2H])[2H])(C([2H])([2H])[2H])C([2H])([2H])[2H])cc4-c4ccccc4)cc(C(C)(C)C)c3)c2)cc1. The normalized spacial score (nSPS) is 16.0. The number of nitrogens with zero attached hydrogens (tertiary/aromatic N) is 3. The molecule has 0 bridgehead atoms. The summed E-state index contributed by atoms with van der Waals surface area (Å²) in [6.07, 6.45) is 1.73. The summed E-state index contributed by atoms with van der Waals surface area (Å²) in [6.45, 7) is -2.63. The minimum absolute atomic E-state index is 0.0150. The summed E-state index contributed by atoms with van der Waals surface area (Å²) in [7, 11) is 0. The number of fused-ring (bicyclic) bond motifs is 1. The van der Waals surface area contributed by atoms with Crippen LogP contribution in [0.15, 0.2) is 140 Å². The highest BCUT2D eigenvalue weighted by Gasteiger charge is 2.25. The monoisotopic (exact) mass is 757 g/mol. The molecular formula is C53H51N3O. The Morgan fingerprint density at radius 2 is 1.35 bits per heavy atom. The number of benzene rings is 6. The standard InChI is InChI=1S/C53H51N3O/c1-33-18-20-36(21-19-33)38-24-25-54-46(31-38)40-28-39(29-42(30-40)53(7,8)9)43-16-13-17-48-49(43)55-51(45-27-34(2)26-35(3)50(45)57)56(48)47-23-22-41(52(4,5)6)32-44(47)37-14-11-10-12-15-37/h10-32,57H,1-9H3/i1D3,4D3,5D3,6D3. The molecule has 4 heteroatoms. The zero-order valence-electron chi connectivity index (χ0n) is 44.6. The number of para-hydroxylation sites is 1. The third-order valence-corrected chi connectivity index (χ3v) is 10.5. The topological polar surface area (TPSA) is 50.9 Å². The van der Waals surface area contributed by atoms with Crippen LogP contribution >= 0.6 is 0 Å². The fourth-order valence-electron chi connectivity index (χ4n) is 7.50. The highest BCUT2D eigenvalue weighted by atomic mass is 16.3. The van der Waals surface area contributed by atoms with Crippen molar-refractivity contribution in [2.24, 2.45) is 0 Å². The molecule has 0 fully saturated rings. The molecule has 1 N–H and O–H groups in total. The van der Waals surface area contributed by atoms with Gasteiger partial charge < -0.3 is 5.11 Å². The van der Waals surface area contributed by atoms with Crippen molar-refractivity contribution in [2.75, 3.05) is 0 Å². The van der Waals surface area contributed by atoms with Crippen molar-refractivity contribution in [2.45, 2.75) is 72.9 Å². The number of phenolic OH excluding ortho intramolecular Hbond substituents is 1. The van der Waals surface area contributed by atoms with Crippen LogP contribution in [0.1, 0.15) is 85.6 Å². The first-order valence-electron chi connectivity index (χ1n) is 24.9. The Balaban J connectivity index is 1.42. The van der Waals surface area contributed by atoms with E-state index >= 15 is 0 Å². The number of aromatic nitrogens is 3. The van der Waals surface area contributed by atoms with Crippen molar-refractivity contribution in [3.05, 3.63) is 167 Å². The van der Waals surface area contributed by atoms with Gasteiger partial charge in [-0.3, -0.25) is 9.55 Å². The number of rotatable bonds is 6. The van der Waals surface area contributed by atoms with Gasteiger partial charge in [-0.15, -0.1) is 0 Å². The molecule has 0 aliphatic heterocycles. The molecule has 0 saturated carbocycles.